The highest BCUT2D eigenvalue weighted by Crippen LogP contribution is 2.35. The standard InChI is InChI=1S/C23H25NS/c1-4-10-20(11-5-1)16-17-24-18-19-25-23(21-12-6-2-7-13-21)22-14-8-3-9-15-22/h1-15,23-24H,16-19H2. The molecule has 0 fully saturated rings. The van der Waals surface area contributed by atoms with Gasteiger partial charge in [-0.25, -0.2) is 0 Å². The van der Waals surface area contributed by atoms with Gasteiger partial charge in [0.1, 0.15) is 0 Å². The van der Waals surface area contributed by atoms with Gasteiger partial charge in [-0.15, -0.1) is 11.8 Å². The second-order valence-corrected chi connectivity index (χ2v) is 7.27. The summed E-state index contributed by atoms with van der Waals surface area (Å²) in [5.74, 6) is 1.10. The van der Waals surface area contributed by atoms with Gasteiger partial charge in [-0.05, 0) is 29.7 Å². The van der Waals surface area contributed by atoms with Gasteiger partial charge in [0.05, 0.1) is 5.25 Å². The maximum absolute atomic E-state index is 3.57. The van der Waals surface area contributed by atoms with Crippen molar-refractivity contribution >= 4 is 11.8 Å². The number of nitrogens with one attached hydrogen (secondary N) is 1. The van der Waals surface area contributed by atoms with E-state index in [9.17, 15) is 0 Å². The van der Waals surface area contributed by atoms with Gasteiger partial charge in [-0.1, -0.05) is 91.0 Å². The predicted octanol–water partition coefficient (Wildman–Crippen LogP) is 5.34. The summed E-state index contributed by atoms with van der Waals surface area (Å²) >= 11 is 2.01. The summed E-state index contributed by atoms with van der Waals surface area (Å²) in [4.78, 5) is 0. The minimum atomic E-state index is 0.401. The molecule has 0 saturated heterocycles. The van der Waals surface area contributed by atoms with Gasteiger partial charge < -0.3 is 5.32 Å². The number of thioether (sulfide) groups is 1. The molecule has 128 valence electrons. The highest BCUT2D eigenvalue weighted by atomic mass is 32.2. The topological polar surface area (TPSA) is 12.0 Å². The monoisotopic (exact) mass is 347 g/mol. The van der Waals surface area contributed by atoms with Crippen LogP contribution in [0.3, 0.4) is 0 Å². The van der Waals surface area contributed by atoms with Gasteiger partial charge in [-0.2, -0.15) is 0 Å². The van der Waals surface area contributed by atoms with Crippen LogP contribution in [0.15, 0.2) is 91.0 Å². The highest BCUT2D eigenvalue weighted by molar-refractivity contribution is 7.99. The Balaban J connectivity index is 1.48. The van der Waals surface area contributed by atoms with Crippen molar-refractivity contribution in [1.29, 1.82) is 0 Å². The van der Waals surface area contributed by atoms with E-state index in [4.69, 9.17) is 0 Å². The molecule has 1 N–H and O–H groups in total. The second-order valence-electron chi connectivity index (χ2n) is 6.06. The fraction of sp³-hybridized carbons (Fsp3) is 0.217. The maximum atomic E-state index is 3.57. The molecule has 0 aromatic heterocycles. The van der Waals surface area contributed by atoms with E-state index in [1.165, 1.54) is 16.7 Å². The van der Waals surface area contributed by atoms with E-state index in [2.05, 4.69) is 96.3 Å². The number of hydrogen-bond donors (Lipinski definition) is 1. The first kappa shape index (κ1) is 17.8. The Morgan fingerprint density at radius 1 is 0.640 bits per heavy atom. The third-order valence-corrected chi connectivity index (χ3v) is 5.52. The van der Waals surface area contributed by atoms with E-state index in [0.29, 0.717) is 5.25 Å². The zero-order valence-electron chi connectivity index (χ0n) is 14.5. The predicted molar refractivity (Wildman–Crippen MR) is 110 cm³/mol. The third-order valence-electron chi connectivity index (χ3n) is 4.20. The molecular weight excluding hydrogens is 322 g/mol. The van der Waals surface area contributed by atoms with Crippen molar-refractivity contribution in [2.24, 2.45) is 0 Å². The molecule has 2 heteroatoms. The minimum Gasteiger partial charge on any atom is -0.316 e. The molecule has 0 saturated carbocycles. The lowest BCUT2D eigenvalue weighted by molar-refractivity contribution is 0.721. The molecule has 0 atom stereocenters. The Morgan fingerprint density at radius 2 is 1.16 bits per heavy atom. The van der Waals surface area contributed by atoms with Gasteiger partial charge in [0.25, 0.3) is 0 Å². The van der Waals surface area contributed by atoms with Crippen molar-refractivity contribution in [3.63, 3.8) is 0 Å². The van der Waals surface area contributed by atoms with E-state index in [1.807, 2.05) is 11.8 Å². The van der Waals surface area contributed by atoms with Crippen LogP contribution in [0.5, 0.6) is 0 Å². The molecule has 0 heterocycles. The van der Waals surface area contributed by atoms with E-state index >= 15 is 0 Å². The van der Waals surface area contributed by atoms with E-state index in [0.717, 1.165) is 25.3 Å². The fourth-order valence-electron chi connectivity index (χ4n) is 2.89. The first-order chi connectivity index (χ1) is 12.4. The van der Waals surface area contributed by atoms with Crippen LogP contribution < -0.4 is 5.32 Å². The van der Waals surface area contributed by atoms with Crippen molar-refractivity contribution < 1.29 is 0 Å². The van der Waals surface area contributed by atoms with Gasteiger partial charge in [0, 0.05) is 12.3 Å². The van der Waals surface area contributed by atoms with Crippen molar-refractivity contribution in [1.82, 2.24) is 5.32 Å². The largest absolute Gasteiger partial charge is 0.316 e. The van der Waals surface area contributed by atoms with Crippen LogP contribution in [0.4, 0.5) is 0 Å². The maximum Gasteiger partial charge on any atom is 0.0547 e. The van der Waals surface area contributed by atoms with Crippen LogP contribution in [-0.2, 0) is 6.42 Å². The minimum absolute atomic E-state index is 0.401. The lowest BCUT2D eigenvalue weighted by Gasteiger charge is -2.18. The summed E-state index contributed by atoms with van der Waals surface area (Å²) in [5.41, 5.74) is 4.15. The molecule has 25 heavy (non-hydrogen) atoms. The quantitative estimate of drug-likeness (QED) is 0.524. The van der Waals surface area contributed by atoms with Crippen LogP contribution in [0.2, 0.25) is 0 Å². The van der Waals surface area contributed by atoms with Crippen molar-refractivity contribution in [3.8, 4) is 0 Å². The molecule has 0 unspecified atom stereocenters. The Morgan fingerprint density at radius 3 is 1.72 bits per heavy atom. The molecular formula is C23H25NS. The third kappa shape index (κ3) is 5.77. The Bertz CT molecular complexity index is 673. The molecule has 1 nitrogen and oxygen atoms in total. The lowest BCUT2D eigenvalue weighted by atomic mass is 10.0. The highest BCUT2D eigenvalue weighted by Gasteiger charge is 2.13. The molecule has 3 rings (SSSR count). The molecule has 0 aliphatic rings. The first-order valence-electron chi connectivity index (χ1n) is 8.89. The zero-order valence-corrected chi connectivity index (χ0v) is 15.3. The summed E-state index contributed by atoms with van der Waals surface area (Å²) in [6, 6.07) is 32.3. The molecule has 0 aliphatic carbocycles. The normalized spacial score (nSPS) is 10.9. The van der Waals surface area contributed by atoms with Crippen LogP contribution in [-0.4, -0.2) is 18.8 Å². The molecule has 0 amide bonds. The molecule has 0 bridgehead atoms. The summed E-state index contributed by atoms with van der Waals surface area (Å²) in [6.45, 7) is 2.07. The molecule has 3 aromatic carbocycles. The van der Waals surface area contributed by atoms with Gasteiger partial charge in [0.2, 0.25) is 0 Å². The van der Waals surface area contributed by atoms with E-state index in [1.54, 1.807) is 0 Å². The zero-order chi connectivity index (χ0) is 17.2. The van der Waals surface area contributed by atoms with Crippen LogP contribution >= 0.6 is 11.8 Å². The van der Waals surface area contributed by atoms with Crippen LogP contribution in [0.1, 0.15) is 21.9 Å². The van der Waals surface area contributed by atoms with E-state index in [-0.39, 0.29) is 0 Å². The van der Waals surface area contributed by atoms with Gasteiger partial charge >= 0.3 is 0 Å². The second kappa shape index (κ2) is 10.1. The SMILES string of the molecule is c1ccc(CCNCCSC(c2ccccc2)c2ccccc2)cc1. The lowest BCUT2D eigenvalue weighted by Crippen LogP contribution is -2.20. The van der Waals surface area contributed by atoms with Crippen LogP contribution in [0, 0.1) is 0 Å². The Labute approximate surface area is 155 Å². The van der Waals surface area contributed by atoms with Gasteiger partial charge in [-0.3, -0.25) is 0 Å². The summed E-state index contributed by atoms with van der Waals surface area (Å²) < 4.78 is 0. The fourth-order valence-corrected chi connectivity index (χ4v) is 4.09. The Hall–Kier alpha value is -2.03. The van der Waals surface area contributed by atoms with Crippen LogP contribution in [0.25, 0.3) is 0 Å². The van der Waals surface area contributed by atoms with Crippen molar-refractivity contribution in [2.45, 2.75) is 11.7 Å². The summed E-state index contributed by atoms with van der Waals surface area (Å²) in [5, 5.41) is 3.97. The number of rotatable bonds is 9. The van der Waals surface area contributed by atoms with E-state index < -0.39 is 0 Å². The van der Waals surface area contributed by atoms with Crippen molar-refractivity contribution in [3.05, 3.63) is 108 Å². The summed E-state index contributed by atoms with van der Waals surface area (Å²) in [6.07, 6.45) is 1.09. The number of hydrogen-bond acceptors (Lipinski definition) is 2. The molecule has 0 aliphatic heterocycles. The Kier molecular flexibility index (Phi) is 7.16. The average molecular weight is 348 g/mol. The average Bonchev–Trinajstić information content (AvgIpc) is 2.69. The molecule has 0 radical (unpaired) electrons. The van der Waals surface area contributed by atoms with Crippen molar-refractivity contribution in [2.75, 3.05) is 18.8 Å². The van der Waals surface area contributed by atoms with Gasteiger partial charge in [0.15, 0.2) is 0 Å². The molecule has 3 aromatic rings. The first-order valence-corrected chi connectivity index (χ1v) is 9.94. The molecule has 0 spiro atoms. The number of benzene rings is 3. The smallest absolute Gasteiger partial charge is 0.0547 e. The summed E-state index contributed by atoms with van der Waals surface area (Å²) in [7, 11) is 0.